The largest absolute Gasteiger partial charge is 0.481 e. The van der Waals surface area contributed by atoms with Crippen molar-refractivity contribution in [1.29, 1.82) is 0 Å². The lowest BCUT2D eigenvalue weighted by Gasteiger charge is -2.20. The summed E-state index contributed by atoms with van der Waals surface area (Å²) in [5.41, 5.74) is 6.15. The van der Waals surface area contributed by atoms with Crippen molar-refractivity contribution in [1.82, 2.24) is 0 Å². The van der Waals surface area contributed by atoms with Crippen LogP contribution in [0.5, 0.6) is 0 Å². The third kappa shape index (κ3) is 8.51. The molecule has 2 nitrogen and oxygen atoms in total. The number of aryl methyl sites for hydroxylation is 3. The van der Waals surface area contributed by atoms with Gasteiger partial charge < -0.3 is 5.11 Å². The number of benzene rings is 3. The van der Waals surface area contributed by atoms with Crippen molar-refractivity contribution >= 4 is 16.7 Å². The molecule has 0 aromatic heterocycles. The van der Waals surface area contributed by atoms with Gasteiger partial charge in [-0.15, -0.1) is 0 Å². The zero-order valence-electron chi connectivity index (χ0n) is 22.6. The topological polar surface area (TPSA) is 37.3 Å². The molecule has 0 radical (unpaired) electrons. The molecule has 1 unspecified atom stereocenters. The highest BCUT2D eigenvalue weighted by Gasteiger charge is 2.56. The van der Waals surface area contributed by atoms with Crippen LogP contribution in [0.4, 0.5) is 22.0 Å². The molecule has 0 spiro atoms. The molecule has 0 fully saturated rings. The highest BCUT2D eigenvalue weighted by Crippen LogP contribution is 2.39. The summed E-state index contributed by atoms with van der Waals surface area (Å²) in [5.74, 6) is -6.82. The van der Waals surface area contributed by atoms with Crippen LogP contribution in [0.25, 0.3) is 21.9 Å². The molecular weight excluding hydrogens is 511 g/mol. The number of unbranched alkanes of at least 4 members (excludes halogenated alkanes) is 4. The van der Waals surface area contributed by atoms with Gasteiger partial charge in [-0.2, -0.15) is 22.0 Å². The first-order chi connectivity index (χ1) is 18.4. The van der Waals surface area contributed by atoms with Gasteiger partial charge in [-0.1, -0.05) is 91.4 Å². The number of fused-ring (bicyclic) bond motifs is 1. The zero-order valence-corrected chi connectivity index (χ0v) is 22.6. The smallest absolute Gasteiger partial charge is 0.453 e. The molecule has 7 heteroatoms. The third-order valence-corrected chi connectivity index (χ3v) is 7.44. The lowest BCUT2D eigenvalue weighted by molar-refractivity contribution is -0.284. The third-order valence-electron chi connectivity index (χ3n) is 7.44. The number of hydrogen-bond donors (Lipinski definition) is 1. The van der Waals surface area contributed by atoms with Crippen molar-refractivity contribution in [2.45, 2.75) is 90.2 Å². The van der Waals surface area contributed by atoms with Crippen LogP contribution in [-0.4, -0.2) is 23.2 Å². The van der Waals surface area contributed by atoms with E-state index in [1.54, 1.807) is 0 Å². The molecule has 0 saturated heterocycles. The minimum absolute atomic E-state index is 0.177. The molecule has 0 bridgehead atoms. The average molecular weight is 549 g/mol. The maximum atomic E-state index is 13.1. The normalized spacial score (nSPS) is 13.1. The standard InChI is InChI=1S/C32H37F5O2/c1-22-12-15-24(16-13-22)27-19-17-26-21-23(2)14-18-28(26)29(27)11-7-5-3-4-6-9-25(30(38)39)10-8-20-31(33,34)32(35,36)37/h12-19,21,25H,3-11,20H2,1-2H3,(H,38,39). The van der Waals surface area contributed by atoms with Crippen LogP contribution in [-0.2, 0) is 11.2 Å². The first-order valence-electron chi connectivity index (χ1n) is 13.7. The van der Waals surface area contributed by atoms with E-state index in [9.17, 15) is 31.9 Å². The number of carboxylic acid groups (broad SMARTS) is 1. The summed E-state index contributed by atoms with van der Waals surface area (Å²) in [6, 6.07) is 19.4. The lowest BCUT2D eigenvalue weighted by atomic mass is 9.90. The summed E-state index contributed by atoms with van der Waals surface area (Å²) in [4.78, 5) is 11.5. The summed E-state index contributed by atoms with van der Waals surface area (Å²) in [6.45, 7) is 4.15. The summed E-state index contributed by atoms with van der Waals surface area (Å²) in [5, 5.41) is 11.8. The fourth-order valence-electron chi connectivity index (χ4n) is 5.11. The van der Waals surface area contributed by atoms with Crippen molar-refractivity contribution in [2.24, 2.45) is 5.92 Å². The summed E-state index contributed by atoms with van der Waals surface area (Å²) in [6.07, 6.45) is -2.19. The van der Waals surface area contributed by atoms with Crippen LogP contribution >= 0.6 is 0 Å². The predicted octanol–water partition coefficient (Wildman–Crippen LogP) is 10.1. The second-order valence-corrected chi connectivity index (χ2v) is 10.6. The second kappa shape index (κ2) is 13.4. The van der Waals surface area contributed by atoms with Crippen molar-refractivity contribution in [3.63, 3.8) is 0 Å². The molecule has 3 rings (SSSR count). The fourth-order valence-corrected chi connectivity index (χ4v) is 5.11. The maximum Gasteiger partial charge on any atom is 0.453 e. The number of rotatable bonds is 14. The molecule has 0 amide bonds. The van der Waals surface area contributed by atoms with Crippen molar-refractivity contribution in [2.75, 3.05) is 0 Å². The number of halogens is 5. The van der Waals surface area contributed by atoms with Gasteiger partial charge in [-0.25, -0.2) is 0 Å². The monoisotopic (exact) mass is 548 g/mol. The first-order valence-corrected chi connectivity index (χ1v) is 13.7. The minimum atomic E-state index is -5.60. The van der Waals surface area contributed by atoms with E-state index in [0.29, 0.717) is 6.42 Å². The van der Waals surface area contributed by atoms with Gasteiger partial charge in [0.05, 0.1) is 5.92 Å². The molecule has 0 aliphatic carbocycles. The first kappa shape index (κ1) is 30.6. The fraction of sp³-hybridized carbons (Fsp3) is 0.469. The van der Waals surface area contributed by atoms with Gasteiger partial charge in [-0.05, 0) is 73.4 Å². The number of alkyl halides is 5. The summed E-state index contributed by atoms with van der Waals surface area (Å²) >= 11 is 0. The summed E-state index contributed by atoms with van der Waals surface area (Å²) < 4.78 is 63.2. The second-order valence-electron chi connectivity index (χ2n) is 10.6. The molecule has 0 aliphatic heterocycles. The van der Waals surface area contributed by atoms with Crippen LogP contribution in [0.1, 0.15) is 74.5 Å². The van der Waals surface area contributed by atoms with Crippen LogP contribution in [0.3, 0.4) is 0 Å². The molecule has 212 valence electrons. The van der Waals surface area contributed by atoms with E-state index in [1.165, 1.54) is 38.6 Å². The Kier molecular flexibility index (Phi) is 10.5. The zero-order chi connectivity index (χ0) is 28.6. The molecule has 1 atom stereocenters. The lowest BCUT2D eigenvalue weighted by Crippen LogP contribution is -2.36. The predicted molar refractivity (Wildman–Crippen MR) is 146 cm³/mol. The van der Waals surface area contributed by atoms with Crippen LogP contribution in [0.2, 0.25) is 0 Å². The Morgan fingerprint density at radius 1 is 0.769 bits per heavy atom. The van der Waals surface area contributed by atoms with Gasteiger partial charge in [0.1, 0.15) is 0 Å². The van der Waals surface area contributed by atoms with Gasteiger partial charge in [0.25, 0.3) is 0 Å². The molecular formula is C32H37F5O2. The van der Waals surface area contributed by atoms with Crippen LogP contribution in [0.15, 0.2) is 54.6 Å². The molecule has 3 aromatic carbocycles. The van der Waals surface area contributed by atoms with E-state index in [1.807, 2.05) is 0 Å². The molecule has 0 aliphatic rings. The molecule has 0 saturated carbocycles. The van der Waals surface area contributed by atoms with Gasteiger partial charge >= 0.3 is 18.1 Å². The van der Waals surface area contributed by atoms with Crippen LogP contribution < -0.4 is 0 Å². The van der Waals surface area contributed by atoms with E-state index in [0.717, 1.165) is 32.1 Å². The number of carbonyl (C=O) groups is 1. The van der Waals surface area contributed by atoms with E-state index in [4.69, 9.17) is 0 Å². The Morgan fingerprint density at radius 2 is 1.38 bits per heavy atom. The van der Waals surface area contributed by atoms with E-state index in [-0.39, 0.29) is 12.8 Å². The molecule has 1 N–H and O–H groups in total. The van der Waals surface area contributed by atoms with Gasteiger partial charge in [0, 0.05) is 6.42 Å². The molecule has 0 heterocycles. The van der Waals surface area contributed by atoms with E-state index < -0.39 is 36.8 Å². The Bertz CT molecular complexity index is 1230. The van der Waals surface area contributed by atoms with Crippen molar-refractivity contribution < 1.29 is 31.9 Å². The van der Waals surface area contributed by atoms with Crippen LogP contribution in [0, 0.1) is 19.8 Å². The highest BCUT2D eigenvalue weighted by molar-refractivity contribution is 5.92. The highest BCUT2D eigenvalue weighted by atomic mass is 19.4. The Hall–Kier alpha value is -2.96. The number of carboxylic acids is 1. The van der Waals surface area contributed by atoms with Gasteiger partial charge in [0.15, 0.2) is 0 Å². The molecule has 39 heavy (non-hydrogen) atoms. The SMILES string of the molecule is Cc1ccc(-c2ccc3cc(C)ccc3c2CCCCCCCC(CCCC(F)(F)C(F)(F)F)C(=O)O)cc1. The number of aliphatic carboxylic acids is 1. The Balaban J connectivity index is 1.51. The Labute approximate surface area is 227 Å². The van der Waals surface area contributed by atoms with E-state index in [2.05, 4.69) is 68.4 Å². The van der Waals surface area contributed by atoms with Gasteiger partial charge in [-0.3, -0.25) is 4.79 Å². The van der Waals surface area contributed by atoms with Crippen molar-refractivity contribution in [3.05, 3.63) is 71.3 Å². The quantitative estimate of drug-likeness (QED) is 0.161. The molecule has 3 aromatic rings. The van der Waals surface area contributed by atoms with Crippen molar-refractivity contribution in [3.8, 4) is 11.1 Å². The maximum absolute atomic E-state index is 13.1. The Morgan fingerprint density at radius 3 is 2.05 bits per heavy atom. The number of hydrogen-bond acceptors (Lipinski definition) is 1. The summed E-state index contributed by atoms with van der Waals surface area (Å²) in [7, 11) is 0. The average Bonchev–Trinajstić information content (AvgIpc) is 2.86. The van der Waals surface area contributed by atoms with E-state index >= 15 is 0 Å². The minimum Gasteiger partial charge on any atom is -0.481 e. The van der Waals surface area contributed by atoms with Gasteiger partial charge in [0.2, 0.25) is 0 Å².